The zero-order chi connectivity index (χ0) is 12.7. The zero-order valence-electron chi connectivity index (χ0n) is 9.37. The van der Waals surface area contributed by atoms with Gasteiger partial charge in [0.05, 0.1) is 11.4 Å². The van der Waals surface area contributed by atoms with E-state index < -0.39 is 5.97 Å². The molecule has 6 heteroatoms. The first kappa shape index (κ1) is 13.4. The van der Waals surface area contributed by atoms with Crippen LogP contribution in [-0.4, -0.2) is 27.5 Å². The third-order valence-electron chi connectivity index (χ3n) is 2.01. The van der Waals surface area contributed by atoms with Gasteiger partial charge in [-0.25, -0.2) is 4.79 Å². The van der Waals surface area contributed by atoms with Gasteiger partial charge in [0.2, 0.25) is 0 Å². The summed E-state index contributed by atoms with van der Waals surface area (Å²) in [5.41, 5.74) is 8.39. The summed E-state index contributed by atoms with van der Waals surface area (Å²) in [6.07, 6.45) is 5.59. The topological polar surface area (TPSA) is 78.9 Å². The normalized spacial score (nSPS) is 16.4. The van der Waals surface area contributed by atoms with Crippen LogP contribution in [0, 0.1) is 0 Å². The van der Waals surface area contributed by atoms with Crippen molar-refractivity contribution in [2.24, 2.45) is 10.8 Å². The lowest BCUT2D eigenvalue weighted by atomic mass is 10.1. The van der Waals surface area contributed by atoms with Crippen molar-refractivity contribution in [1.82, 2.24) is 5.01 Å². The zero-order valence-corrected chi connectivity index (χ0v) is 10.2. The molecule has 0 saturated carbocycles. The van der Waals surface area contributed by atoms with Crippen molar-refractivity contribution >= 4 is 23.3 Å². The molecule has 5 nitrogen and oxygen atoms in total. The van der Waals surface area contributed by atoms with Crippen molar-refractivity contribution in [2.45, 2.75) is 12.8 Å². The minimum absolute atomic E-state index is 0.302. The summed E-state index contributed by atoms with van der Waals surface area (Å²) in [6.45, 7) is 3.51. The Labute approximate surface area is 104 Å². The molecule has 3 N–H and O–H groups in total. The van der Waals surface area contributed by atoms with E-state index in [1.165, 1.54) is 0 Å². The maximum atomic E-state index is 10.8. The number of hydrogen-bond donors (Lipinski definition) is 2. The maximum absolute atomic E-state index is 10.8. The fraction of sp³-hybridized carbons (Fsp3) is 0.273. The first-order valence-corrected chi connectivity index (χ1v) is 6.08. The summed E-state index contributed by atoms with van der Waals surface area (Å²) in [5, 5.41) is 14.6. The van der Waals surface area contributed by atoms with E-state index in [9.17, 15) is 4.79 Å². The molecule has 92 valence electrons. The number of hydrazone groups is 1. The number of thioether (sulfide) groups is 1. The van der Waals surface area contributed by atoms with Crippen molar-refractivity contribution in [3.05, 3.63) is 36.2 Å². The highest BCUT2D eigenvalue weighted by Gasteiger charge is 2.06. The van der Waals surface area contributed by atoms with Gasteiger partial charge >= 0.3 is 5.97 Å². The van der Waals surface area contributed by atoms with Crippen molar-refractivity contribution in [2.75, 3.05) is 5.88 Å². The summed E-state index contributed by atoms with van der Waals surface area (Å²) in [6, 6.07) is 0. The molecule has 0 radical (unpaired) electrons. The molecule has 1 heterocycles. The van der Waals surface area contributed by atoms with Crippen molar-refractivity contribution in [3.63, 3.8) is 0 Å². The molecule has 0 aliphatic carbocycles. The molecule has 0 saturated heterocycles. The third kappa shape index (κ3) is 4.78. The summed E-state index contributed by atoms with van der Waals surface area (Å²) >= 11 is 1.57. The summed E-state index contributed by atoms with van der Waals surface area (Å²) in [7, 11) is 0. The molecule has 17 heavy (non-hydrogen) atoms. The Balaban J connectivity index is 2.57. The van der Waals surface area contributed by atoms with Crippen molar-refractivity contribution in [1.29, 1.82) is 0 Å². The molecule has 0 amide bonds. The van der Waals surface area contributed by atoms with E-state index in [4.69, 9.17) is 10.8 Å². The minimum Gasteiger partial charge on any atom is -0.478 e. The molecule has 0 aromatic carbocycles. The third-order valence-corrected chi connectivity index (χ3v) is 2.67. The highest BCUT2D eigenvalue weighted by atomic mass is 32.2. The predicted molar refractivity (Wildman–Crippen MR) is 70.2 cm³/mol. The van der Waals surface area contributed by atoms with E-state index in [1.807, 2.05) is 0 Å². The number of nitrogens with zero attached hydrogens (tertiary/aromatic N) is 2. The first-order valence-electron chi connectivity index (χ1n) is 5.03. The SMILES string of the molecule is C=CCC(=CCC(N)=CN1CSC=N1)C(=O)O. The van der Waals surface area contributed by atoms with Gasteiger partial charge in [0, 0.05) is 23.9 Å². The van der Waals surface area contributed by atoms with Crippen molar-refractivity contribution in [3.8, 4) is 0 Å². The van der Waals surface area contributed by atoms with Crippen LogP contribution < -0.4 is 5.73 Å². The van der Waals surface area contributed by atoms with E-state index >= 15 is 0 Å². The van der Waals surface area contributed by atoms with Gasteiger partial charge in [-0.15, -0.1) is 6.58 Å². The Morgan fingerprint density at radius 3 is 2.94 bits per heavy atom. The molecule has 0 fully saturated rings. The van der Waals surface area contributed by atoms with Gasteiger partial charge < -0.3 is 10.8 Å². The Hall–Kier alpha value is -1.69. The average Bonchev–Trinajstić information content (AvgIpc) is 2.76. The van der Waals surface area contributed by atoms with Gasteiger partial charge in [0.15, 0.2) is 0 Å². The second kappa shape index (κ2) is 6.80. The molecular formula is C11H15N3O2S. The molecular weight excluding hydrogens is 238 g/mol. The molecule has 0 atom stereocenters. The number of aliphatic carboxylic acids is 1. The average molecular weight is 253 g/mol. The molecule has 0 aromatic heterocycles. The van der Waals surface area contributed by atoms with E-state index in [1.54, 1.807) is 40.7 Å². The largest absolute Gasteiger partial charge is 0.478 e. The Kier molecular flexibility index (Phi) is 5.35. The number of carboxylic acid groups (broad SMARTS) is 1. The second-order valence-corrected chi connectivity index (χ2v) is 4.19. The second-order valence-electron chi connectivity index (χ2n) is 3.39. The molecule has 0 bridgehead atoms. The van der Waals surface area contributed by atoms with Crippen LogP contribution in [0.5, 0.6) is 0 Å². The standard InChI is InChI=1S/C11H15N3O2S/c1-2-3-9(11(15)16)4-5-10(12)6-14-8-17-7-13-14/h2,4,6-7H,1,3,5,8,12H2,(H,15,16). The number of carbonyl (C=O) groups is 1. The van der Waals surface area contributed by atoms with Crippen LogP contribution in [0.4, 0.5) is 0 Å². The van der Waals surface area contributed by atoms with Crippen molar-refractivity contribution < 1.29 is 9.90 Å². The lowest BCUT2D eigenvalue weighted by Crippen LogP contribution is -2.09. The van der Waals surface area contributed by atoms with Crippen LogP contribution in [0.2, 0.25) is 0 Å². The van der Waals surface area contributed by atoms with Crippen LogP contribution in [-0.2, 0) is 4.79 Å². The predicted octanol–water partition coefficient (Wildman–Crippen LogP) is 1.71. The fourth-order valence-electron chi connectivity index (χ4n) is 1.21. The van der Waals surface area contributed by atoms with E-state index in [0.717, 1.165) is 5.88 Å². The number of nitrogens with two attached hydrogens (primary N) is 1. The number of carboxylic acids is 1. The first-order chi connectivity index (χ1) is 8.13. The Bertz CT molecular complexity index is 388. The molecule has 0 aromatic rings. The van der Waals surface area contributed by atoms with Crippen LogP contribution in [0.25, 0.3) is 0 Å². The molecule has 1 aliphatic heterocycles. The van der Waals surface area contributed by atoms with Crippen LogP contribution >= 0.6 is 11.8 Å². The summed E-state index contributed by atoms with van der Waals surface area (Å²) in [5.74, 6) is -0.199. The lowest BCUT2D eigenvalue weighted by Gasteiger charge is -2.07. The van der Waals surface area contributed by atoms with E-state index in [2.05, 4.69) is 11.7 Å². The van der Waals surface area contributed by atoms with E-state index in [-0.39, 0.29) is 0 Å². The number of rotatable bonds is 6. The lowest BCUT2D eigenvalue weighted by molar-refractivity contribution is -0.132. The van der Waals surface area contributed by atoms with Crippen LogP contribution in [0.15, 0.2) is 41.3 Å². The molecule has 1 rings (SSSR count). The Morgan fingerprint density at radius 1 is 1.65 bits per heavy atom. The van der Waals surface area contributed by atoms with Gasteiger partial charge in [-0.05, 0) is 6.42 Å². The molecule has 0 spiro atoms. The Morgan fingerprint density at radius 2 is 2.41 bits per heavy atom. The maximum Gasteiger partial charge on any atom is 0.331 e. The number of allylic oxidation sites excluding steroid dienone is 2. The quantitative estimate of drug-likeness (QED) is 0.556. The van der Waals surface area contributed by atoms with Gasteiger partial charge in [0.1, 0.15) is 0 Å². The van der Waals surface area contributed by atoms with Gasteiger partial charge in [0.25, 0.3) is 0 Å². The number of hydrogen-bond acceptors (Lipinski definition) is 5. The van der Waals surface area contributed by atoms with Gasteiger partial charge in [-0.2, -0.15) is 5.10 Å². The molecule has 0 unspecified atom stereocenters. The monoisotopic (exact) mass is 253 g/mol. The van der Waals surface area contributed by atoms with E-state index in [0.29, 0.717) is 24.1 Å². The fourth-order valence-corrected chi connectivity index (χ4v) is 1.75. The van der Waals surface area contributed by atoms with Crippen LogP contribution in [0.3, 0.4) is 0 Å². The highest BCUT2D eigenvalue weighted by molar-refractivity contribution is 8.12. The van der Waals surface area contributed by atoms with Gasteiger partial charge in [-0.3, -0.25) is 5.01 Å². The highest BCUT2D eigenvalue weighted by Crippen LogP contribution is 2.12. The smallest absolute Gasteiger partial charge is 0.331 e. The molecule has 1 aliphatic rings. The summed E-state index contributed by atoms with van der Waals surface area (Å²) in [4.78, 5) is 10.8. The minimum atomic E-state index is -0.938. The van der Waals surface area contributed by atoms with Gasteiger partial charge in [-0.1, -0.05) is 23.9 Å². The van der Waals surface area contributed by atoms with Crippen LogP contribution in [0.1, 0.15) is 12.8 Å². The summed E-state index contributed by atoms with van der Waals surface area (Å²) < 4.78 is 0.